The molecular weight excluding hydrogens is 329 g/mol. The highest BCUT2D eigenvalue weighted by Gasteiger charge is 2.52. The summed E-state index contributed by atoms with van der Waals surface area (Å²) in [6.07, 6.45) is -1.09. The van der Waals surface area contributed by atoms with Gasteiger partial charge in [-0.3, -0.25) is 4.79 Å². The molecule has 25 heavy (non-hydrogen) atoms. The van der Waals surface area contributed by atoms with E-state index in [0.29, 0.717) is 5.69 Å². The Morgan fingerprint density at radius 1 is 1.04 bits per heavy atom. The molecule has 2 aromatic carbocycles. The summed E-state index contributed by atoms with van der Waals surface area (Å²) >= 11 is 0. The lowest BCUT2D eigenvalue weighted by atomic mass is 9.94. The van der Waals surface area contributed by atoms with E-state index in [9.17, 15) is 18.0 Å². The number of amides is 1. The van der Waals surface area contributed by atoms with Gasteiger partial charge in [0, 0.05) is 22.8 Å². The molecule has 1 aliphatic carbocycles. The van der Waals surface area contributed by atoms with Crippen LogP contribution in [0.25, 0.3) is 10.9 Å². The van der Waals surface area contributed by atoms with Gasteiger partial charge in [0.2, 0.25) is 5.91 Å². The zero-order valence-corrected chi connectivity index (χ0v) is 13.2. The average Bonchev–Trinajstić information content (AvgIpc) is 3.28. The van der Waals surface area contributed by atoms with Gasteiger partial charge in [0.15, 0.2) is 0 Å². The lowest BCUT2D eigenvalue weighted by Crippen LogP contribution is -2.27. The van der Waals surface area contributed by atoms with Gasteiger partial charge >= 0.3 is 6.18 Å². The van der Waals surface area contributed by atoms with Crippen molar-refractivity contribution in [1.29, 1.82) is 0 Å². The topological polar surface area (TPSA) is 44.9 Å². The van der Waals surface area contributed by atoms with Crippen LogP contribution in [0.5, 0.6) is 0 Å². The molecule has 1 saturated carbocycles. The zero-order chi connectivity index (χ0) is 17.7. The average molecular weight is 344 g/mol. The Balaban J connectivity index is 1.59. The Labute approximate surface area is 141 Å². The smallest absolute Gasteiger partial charge is 0.361 e. The van der Waals surface area contributed by atoms with E-state index in [1.807, 2.05) is 30.5 Å². The van der Waals surface area contributed by atoms with Gasteiger partial charge in [0.25, 0.3) is 0 Å². The lowest BCUT2D eigenvalue weighted by molar-refractivity contribution is -0.137. The molecule has 0 bridgehead atoms. The molecule has 128 valence electrons. The van der Waals surface area contributed by atoms with Crippen molar-refractivity contribution >= 4 is 22.5 Å². The minimum atomic E-state index is -4.38. The molecule has 4 rings (SSSR count). The SMILES string of the molecule is O=C(Nc1ccc(C(F)(F)F)cc1)C1(c2c[nH]c3ccccc23)CC1. The number of carbonyl (C=O) groups excluding carboxylic acids is 1. The summed E-state index contributed by atoms with van der Waals surface area (Å²) in [6.45, 7) is 0. The van der Waals surface area contributed by atoms with Crippen LogP contribution in [0.15, 0.2) is 54.7 Å². The number of hydrogen-bond donors (Lipinski definition) is 2. The normalized spacial score (nSPS) is 16.0. The van der Waals surface area contributed by atoms with Crippen molar-refractivity contribution in [3.05, 3.63) is 65.9 Å². The molecule has 1 aromatic heterocycles. The second-order valence-corrected chi connectivity index (χ2v) is 6.36. The quantitative estimate of drug-likeness (QED) is 0.700. The van der Waals surface area contributed by atoms with E-state index in [2.05, 4.69) is 10.3 Å². The first-order valence-electron chi connectivity index (χ1n) is 7.95. The van der Waals surface area contributed by atoms with E-state index in [1.54, 1.807) is 0 Å². The highest BCUT2D eigenvalue weighted by molar-refractivity contribution is 6.04. The van der Waals surface area contributed by atoms with E-state index < -0.39 is 17.2 Å². The first kappa shape index (κ1) is 15.7. The fourth-order valence-corrected chi connectivity index (χ4v) is 3.20. The summed E-state index contributed by atoms with van der Waals surface area (Å²) in [5.41, 5.74) is 0.925. The maximum Gasteiger partial charge on any atom is 0.416 e. The predicted octanol–water partition coefficient (Wildman–Crippen LogP) is 4.86. The van der Waals surface area contributed by atoms with Crippen LogP contribution >= 0.6 is 0 Å². The number of fused-ring (bicyclic) bond motifs is 1. The van der Waals surface area contributed by atoms with E-state index in [4.69, 9.17) is 0 Å². The van der Waals surface area contributed by atoms with E-state index in [1.165, 1.54) is 12.1 Å². The molecule has 1 amide bonds. The monoisotopic (exact) mass is 344 g/mol. The van der Waals surface area contributed by atoms with Crippen LogP contribution in [0, 0.1) is 0 Å². The molecule has 1 aliphatic rings. The number of rotatable bonds is 3. The van der Waals surface area contributed by atoms with E-state index in [0.717, 1.165) is 41.4 Å². The van der Waals surface area contributed by atoms with Crippen LogP contribution in [-0.2, 0) is 16.4 Å². The highest BCUT2D eigenvalue weighted by atomic mass is 19.4. The van der Waals surface area contributed by atoms with Gasteiger partial charge in [-0.15, -0.1) is 0 Å². The van der Waals surface area contributed by atoms with Crippen molar-refractivity contribution in [2.24, 2.45) is 0 Å². The van der Waals surface area contributed by atoms with Gasteiger partial charge in [-0.25, -0.2) is 0 Å². The fourth-order valence-electron chi connectivity index (χ4n) is 3.20. The van der Waals surface area contributed by atoms with E-state index >= 15 is 0 Å². The van der Waals surface area contributed by atoms with Crippen molar-refractivity contribution in [3.8, 4) is 0 Å². The minimum absolute atomic E-state index is 0.183. The minimum Gasteiger partial charge on any atom is -0.361 e. The molecule has 0 spiro atoms. The molecule has 1 heterocycles. The Bertz CT molecular complexity index is 937. The summed E-state index contributed by atoms with van der Waals surface area (Å²) in [5, 5.41) is 3.76. The Morgan fingerprint density at radius 3 is 2.36 bits per heavy atom. The Kier molecular flexibility index (Phi) is 3.39. The second kappa shape index (κ2) is 5.37. The first-order valence-corrected chi connectivity index (χ1v) is 7.95. The van der Waals surface area contributed by atoms with Crippen molar-refractivity contribution in [1.82, 2.24) is 4.98 Å². The Morgan fingerprint density at radius 2 is 1.72 bits per heavy atom. The number of H-pyrrole nitrogens is 1. The molecule has 0 saturated heterocycles. The number of alkyl halides is 3. The number of benzene rings is 2. The molecule has 0 radical (unpaired) electrons. The molecule has 0 unspecified atom stereocenters. The van der Waals surface area contributed by atoms with Crippen LogP contribution in [0.2, 0.25) is 0 Å². The van der Waals surface area contributed by atoms with Gasteiger partial charge in [-0.2, -0.15) is 13.2 Å². The number of nitrogens with one attached hydrogen (secondary N) is 2. The molecule has 6 heteroatoms. The number of aromatic nitrogens is 1. The molecule has 0 aliphatic heterocycles. The van der Waals surface area contributed by atoms with Crippen molar-refractivity contribution in [2.75, 3.05) is 5.32 Å². The maximum atomic E-state index is 12.8. The predicted molar refractivity (Wildman–Crippen MR) is 89.3 cm³/mol. The van der Waals surface area contributed by atoms with Gasteiger partial charge in [0.1, 0.15) is 0 Å². The van der Waals surface area contributed by atoms with Crippen LogP contribution in [0.4, 0.5) is 18.9 Å². The van der Waals surface area contributed by atoms with Gasteiger partial charge in [-0.1, -0.05) is 18.2 Å². The molecule has 3 nitrogen and oxygen atoms in total. The van der Waals surface area contributed by atoms with E-state index in [-0.39, 0.29) is 5.91 Å². The van der Waals surface area contributed by atoms with Gasteiger partial charge in [-0.05, 0) is 48.7 Å². The standard InChI is InChI=1S/C19H15F3N2O/c20-19(21,22)12-5-7-13(8-6-12)24-17(25)18(9-10-18)15-11-23-16-4-2-1-3-14(15)16/h1-8,11,23H,9-10H2,(H,24,25). The number of carbonyl (C=O) groups is 1. The summed E-state index contributed by atoms with van der Waals surface area (Å²) < 4.78 is 37.9. The lowest BCUT2D eigenvalue weighted by Gasteiger charge is -2.15. The first-order chi connectivity index (χ1) is 11.9. The number of anilines is 1. The molecule has 1 fully saturated rings. The number of hydrogen-bond acceptors (Lipinski definition) is 1. The largest absolute Gasteiger partial charge is 0.416 e. The molecule has 0 atom stereocenters. The fraction of sp³-hybridized carbons (Fsp3) is 0.211. The van der Waals surface area contributed by atoms with Crippen LogP contribution in [-0.4, -0.2) is 10.9 Å². The third-order valence-corrected chi connectivity index (χ3v) is 4.76. The summed E-state index contributed by atoms with van der Waals surface area (Å²) in [7, 11) is 0. The molecular formula is C19H15F3N2O. The number of aromatic amines is 1. The summed E-state index contributed by atoms with van der Waals surface area (Å²) in [6, 6.07) is 12.3. The third kappa shape index (κ3) is 2.67. The summed E-state index contributed by atoms with van der Waals surface area (Å²) in [5.74, 6) is -0.183. The second-order valence-electron chi connectivity index (χ2n) is 6.36. The third-order valence-electron chi connectivity index (χ3n) is 4.76. The molecule has 2 N–H and O–H groups in total. The van der Waals surface area contributed by atoms with Crippen molar-refractivity contribution in [2.45, 2.75) is 24.4 Å². The van der Waals surface area contributed by atoms with Gasteiger partial charge in [0.05, 0.1) is 11.0 Å². The maximum absolute atomic E-state index is 12.8. The van der Waals surface area contributed by atoms with Crippen LogP contribution < -0.4 is 5.32 Å². The number of para-hydroxylation sites is 1. The summed E-state index contributed by atoms with van der Waals surface area (Å²) in [4.78, 5) is 15.9. The zero-order valence-electron chi connectivity index (χ0n) is 13.2. The van der Waals surface area contributed by atoms with Crippen molar-refractivity contribution < 1.29 is 18.0 Å². The van der Waals surface area contributed by atoms with Crippen LogP contribution in [0.3, 0.4) is 0 Å². The number of halogens is 3. The molecule has 3 aromatic rings. The van der Waals surface area contributed by atoms with Gasteiger partial charge < -0.3 is 10.3 Å². The van der Waals surface area contributed by atoms with Crippen molar-refractivity contribution in [3.63, 3.8) is 0 Å². The van der Waals surface area contributed by atoms with Crippen LogP contribution in [0.1, 0.15) is 24.0 Å². The highest BCUT2D eigenvalue weighted by Crippen LogP contribution is 2.51. The Hall–Kier alpha value is -2.76.